The van der Waals surface area contributed by atoms with E-state index in [1.54, 1.807) is 0 Å². The van der Waals surface area contributed by atoms with E-state index in [-0.39, 0.29) is 0 Å². The Morgan fingerprint density at radius 3 is 2.65 bits per heavy atom. The van der Waals surface area contributed by atoms with Crippen molar-refractivity contribution in [3.8, 4) is 0 Å². The fourth-order valence-corrected chi connectivity index (χ4v) is 2.21. The second-order valence-electron chi connectivity index (χ2n) is 5.69. The van der Waals surface area contributed by atoms with Gasteiger partial charge in [0.05, 0.1) is 0 Å². The summed E-state index contributed by atoms with van der Waals surface area (Å²) in [5, 5.41) is 3.47. The molecule has 3 heteroatoms. The number of rotatable bonds is 3. The third-order valence-corrected chi connectivity index (χ3v) is 3.80. The highest BCUT2D eigenvalue weighted by molar-refractivity contribution is 5.35. The molecule has 1 aliphatic heterocycles. The Hall–Kier alpha value is -1.09. The first-order valence-electron chi connectivity index (χ1n) is 6.43. The van der Waals surface area contributed by atoms with E-state index in [4.69, 9.17) is 0 Å². The SMILES string of the molecule is Cc1ccc(NCC2(C)CCN(C)CC2)nc1. The lowest BCUT2D eigenvalue weighted by atomic mass is 9.80. The molecule has 1 aliphatic rings. The quantitative estimate of drug-likeness (QED) is 0.869. The Labute approximate surface area is 104 Å². The summed E-state index contributed by atoms with van der Waals surface area (Å²) in [5.74, 6) is 0.996. The van der Waals surface area contributed by atoms with Crippen molar-refractivity contribution in [1.29, 1.82) is 0 Å². The first-order chi connectivity index (χ1) is 8.07. The first-order valence-corrected chi connectivity index (χ1v) is 6.43. The van der Waals surface area contributed by atoms with Crippen LogP contribution in [0, 0.1) is 12.3 Å². The molecule has 1 saturated heterocycles. The number of pyridine rings is 1. The smallest absolute Gasteiger partial charge is 0.125 e. The standard InChI is InChI=1S/C14H23N3/c1-12-4-5-13(15-10-12)16-11-14(2)6-8-17(3)9-7-14/h4-5,10H,6-9,11H2,1-3H3,(H,15,16). The molecule has 0 aromatic carbocycles. The Balaban J connectivity index is 1.87. The zero-order valence-corrected chi connectivity index (χ0v) is 11.2. The summed E-state index contributed by atoms with van der Waals surface area (Å²) in [6.07, 6.45) is 4.45. The van der Waals surface area contributed by atoms with Gasteiger partial charge < -0.3 is 10.2 Å². The van der Waals surface area contributed by atoms with E-state index < -0.39 is 0 Å². The van der Waals surface area contributed by atoms with Gasteiger partial charge in [0.2, 0.25) is 0 Å². The van der Waals surface area contributed by atoms with Crippen LogP contribution in [-0.4, -0.2) is 36.6 Å². The van der Waals surface area contributed by atoms with Crippen molar-refractivity contribution in [1.82, 2.24) is 9.88 Å². The first kappa shape index (κ1) is 12.4. The molecule has 1 N–H and O–H groups in total. The third kappa shape index (κ3) is 3.43. The monoisotopic (exact) mass is 233 g/mol. The number of nitrogens with one attached hydrogen (secondary N) is 1. The number of anilines is 1. The van der Waals surface area contributed by atoms with Crippen LogP contribution in [0.15, 0.2) is 18.3 Å². The van der Waals surface area contributed by atoms with Gasteiger partial charge in [-0.15, -0.1) is 0 Å². The zero-order valence-electron chi connectivity index (χ0n) is 11.2. The lowest BCUT2D eigenvalue weighted by Gasteiger charge is -2.38. The van der Waals surface area contributed by atoms with E-state index in [0.717, 1.165) is 12.4 Å². The Bertz CT molecular complexity index is 350. The molecule has 94 valence electrons. The van der Waals surface area contributed by atoms with Gasteiger partial charge in [-0.1, -0.05) is 13.0 Å². The molecule has 0 saturated carbocycles. The maximum Gasteiger partial charge on any atom is 0.125 e. The van der Waals surface area contributed by atoms with Crippen molar-refractivity contribution >= 4 is 5.82 Å². The number of aryl methyl sites for hydroxylation is 1. The lowest BCUT2D eigenvalue weighted by Crippen LogP contribution is -2.40. The van der Waals surface area contributed by atoms with Gasteiger partial charge in [-0.2, -0.15) is 0 Å². The van der Waals surface area contributed by atoms with Crippen LogP contribution in [0.2, 0.25) is 0 Å². The van der Waals surface area contributed by atoms with Crippen LogP contribution < -0.4 is 5.32 Å². The molecule has 2 heterocycles. The molecule has 0 bridgehead atoms. The van der Waals surface area contributed by atoms with E-state index in [1.165, 1.54) is 31.5 Å². The van der Waals surface area contributed by atoms with Crippen LogP contribution in [0.3, 0.4) is 0 Å². The summed E-state index contributed by atoms with van der Waals surface area (Å²) in [5.41, 5.74) is 1.63. The number of nitrogens with zero attached hydrogens (tertiary/aromatic N) is 2. The largest absolute Gasteiger partial charge is 0.370 e. The van der Waals surface area contributed by atoms with E-state index in [2.05, 4.69) is 48.2 Å². The van der Waals surface area contributed by atoms with Crippen LogP contribution in [0.1, 0.15) is 25.3 Å². The van der Waals surface area contributed by atoms with Gasteiger partial charge in [-0.05, 0) is 56.9 Å². The summed E-state index contributed by atoms with van der Waals surface area (Å²) in [6, 6.07) is 4.17. The number of piperidine rings is 1. The molecule has 1 fully saturated rings. The predicted octanol–water partition coefficient (Wildman–Crippen LogP) is 2.53. The van der Waals surface area contributed by atoms with Crippen LogP contribution in [0.25, 0.3) is 0 Å². The Morgan fingerprint density at radius 1 is 1.35 bits per heavy atom. The van der Waals surface area contributed by atoms with E-state index in [1.807, 2.05) is 6.20 Å². The molecule has 0 radical (unpaired) electrons. The fourth-order valence-electron chi connectivity index (χ4n) is 2.21. The molecule has 3 nitrogen and oxygen atoms in total. The predicted molar refractivity (Wildman–Crippen MR) is 72.3 cm³/mol. The van der Waals surface area contributed by atoms with Crippen molar-refractivity contribution in [2.45, 2.75) is 26.7 Å². The molecule has 0 amide bonds. The number of hydrogen-bond acceptors (Lipinski definition) is 3. The van der Waals surface area contributed by atoms with Crippen LogP contribution in [0.5, 0.6) is 0 Å². The maximum absolute atomic E-state index is 4.39. The molecule has 0 spiro atoms. The van der Waals surface area contributed by atoms with Crippen molar-refractivity contribution in [2.24, 2.45) is 5.41 Å². The molecule has 0 atom stereocenters. The molecule has 1 aromatic rings. The summed E-state index contributed by atoms with van der Waals surface area (Å²) in [7, 11) is 2.20. The van der Waals surface area contributed by atoms with Gasteiger partial charge in [-0.25, -0.2) is 4.98 Å². The van der Waals surface area contributed by atoms with Gasteiger partial charge >= 0.3 is 0 Å². The number of likely N-dealkylation sites (tertiary alicyclic amines) is 1. The second-order valence-corrected chi connectivity index (χ2v) is 5.69. The highest BCUT2D eigenvalue weighted by atomic mass is 15.1. The topological polar surface area (TPSA) is 28.2 Å². The zero-order chi connectivity index (χ0) is 12.3. The molecular formula is C14H23N3. The van der Waals surface area contributed by atoms with Gasteiger partial charge in [0.25, 0.3) is 0 Å². The molecule has 0 aliphatic carbocycles. The normalized spacial score (nSPS) is 20.2. The van der Waals surface area contributed by atoms with E-state index in [0.29, 0.717) is 5.41 Å². The Kier molecular flexibility index (Phi) is 3.67. The van der Waals surface area contributed by atoms with Gasteiger partial charge in [-0.3, -0.25) is 0 Å². The van der Waals surface area contributed by atoms with Crippen molar-refractivity contribution < 1.29 is 0 Å². The fraction of sp³-hybridized carbons (Fsp3) is 0.643. The molecule has 17 heavy (non-hydrogen) atoms. The van der Waals surface area contributed by atoms with Gasteiger partial charge in [0.15, 0.2) is 0 Å². The van der Waals surface area contributed by atoms with Gasteiger partial charge in [0.1, 0.15) is 5.82 Å². The minimum Gasteiger partial charge on any atom is -0.370 e. The van der Waals surface area contributed by atoms with Crippen molar-refractivity contribution in [3.63, 3.8) is 0 Å². The Morgan fingerprint density at radius 2 is 2.06 bits per heavy atom. The summed E-state index contributed by atoms with van der Waals surface area (Å²) in [6.45, 7) is 7.88. The second kappa shape index (κ2) is 5.05. The highest BCUT2D eigenvalue weighted by Gasteiger charge is 2.28. The lowest BCUT2D eigenvalue weighted by molar-refractivity contribution is 0.150. The highest BCUT2D eigenvalue weighted by Crippen LogP contribution is 2.30. The minimum absolute atomic E-state index is 0.416. The summed E-state index contributed by atoms with van der Waals surface area (Å²) >= 11 is 0. The molecule has 2 rings (SSSR count). The maximum atomic E-state index is 4.39. The average Bonchev–Trinajstić information content (AvgIpc) is 2.33. The van der Waals surface area contributed by atoms with Crippen molar-refractivity contribution in [3.05, 3.63) is 23.9 Å². The van der Waals surface area contributed by atoms with Crippen LogP contribution >= 0.6 is 0 Å². The van der Waals surface area contributed by atoms with Gasteiger partial charge in [0, 0.05) is 12.7 Å². The van der Waals surface area contributed by atoms with Crippen molar-refractivity contribution in [2.75, 3.05) is 32.0 Å². The number of hydrogen-bond donors (Lipinski definition) is 1. The van der Waals surface area contributed by atoms with E-state index >= 15 is 0 Å². The third-order valence-electron chi connectivity index (χ3n) is 3.80. The molecular weight excluding hydrogens is 210 g/mol. The molecule has 1 aromatic heterocycles. The van der Waals surface area contributed by atoms with E-state index in [9.17, 15) is 0 Å². The van der Waals surface area contributed by atoms with Crippen LogP contribution in [0.4, 0.5) is 5.82 Å². The summed E-state index contributed by atoms with van der Waals surface area (Å²) in [4.78, 5) is 6.80. The number of aromatic nitrogens is 1. The average molecular weight is 233 g/mol. The summed E-state index contributed by atoms with van der Waals surface area (Å²) < 4.78 is 0. The molecule has 0 unspecified atom stereocenters. The van der Waals surface area contributed by atoms with Crippen LogP contribution in [-0.2, 0) is 0 Å². The minimum atomic E-state index is 0.416.